The largest absolute Gasteiger partial charge is 0.384 e. The molecule has 1 aliphatic heterocycles. The van der Waals surface area contributed by atoms with E-state index in [1.807, 2.05) is 19.9 Å². The van der Waals surface area contributed by atoms with E-state index in [1.165, 1.54) is 0 Å². The van der Waals surface area contributed by atoms with Crippen molar-refractivity contribution in [1.29, 1.82) is 0 Å². The monoisotopic (exact) mass is 342 g/mol. The third-order valence-corrected chi connectivity index (χ3v) is 4.31. The Morgan fingerprint density at radius 2 is 2.09 bits per heavy atom. The maximum atomic E-state index is 12.5. The normalized spacial score (nSPS) is 16.5. The van der Waals surface area contributed by atoms with E-state index in [2.05, 4.69) is 20.8 Å². The summed E-state index contributed by atoms with van der Waals surface area (Å²) in [4.78, 5) is 12.5. The molecule has 0 spiro atoms. The summed E-state index contributed by atoms with van der Waals surface area (Å²) >= 11 is 0. The second-order valence-electron chi connectivity index (χ2n) is 6.07. The van der Waals surface area contributed by atoms with Crippen LogP contribution in [0.15, 0.2) is 6.07 Å². The number of amides is 1. The molecule has 2 heterocycles. The number of carbonyl (C=O) groups is 1. The topological polar surface area (TPSA) is 76.1 Å². The summed E-state index contributed by atoms with van der Waals surface area (Å²) in [7, 11) is 1.72. The van der Waals surface area contributed by atoms with Crippen molar-refractivity contribution in [3.05, 3.63) is 23.0 Å². The van der Waals surface area contributed by atoms with Gasteiger partial charge in [0.1, 0.15) is 0 Å². The molecule has 0 saturated carbocycles. The smallest absolute Gasteiger partial charge is 0.253 e. The van der Waals surface area contributed by atoms with Crippen LogP contribution in [-0.4, -0.2) is 49.5 Å². The Hall–Kier alpha value is -1.24. The minimum atomic E-state index is -0.0659. The van der Waals surface area contributed by atoms with Gasteiger partial charge >= 0.3 is 0 Å². The van der Waals surface area contributed by atoms with E-state index < -0.39 is 0 Å². The first-order chi connectivity index (χ1) is 10.6. The van der Waals surface area contributed by atoms with Crippen LogP contribution in [0.4, 0.5) is 0 Å². The van der Waals surface area contributed by atoms with Crippen LogP contribution in [-0.2, 0) is 11.2 Å². The van der Waals surface area contributed by atoms with Crippen molar-refractivity contribution in [3.8, 4) is 0 Å². The van der Waals surface area contributed by atoms with Gasteiger partial charge < -0.3 is 15.4 Å². The summed E-state index contributed by atoms with van der Waals surface area (Å²) in [6, 6.07) is 1.81. The summed E-state index contributed by atoms with van der Waals surface area (Å²) in [5.74, 6) is -0.0659. The summed E-state index contributed by atoms with van der Waals surface area (Å²) in [5.41, 5.74) is 2.17. The Morgan fingerprint density at radius 1 is 1.39 bits per heavy atom. The van der Waals surface area contributed by atoms with Crippen LogP contribution in [0.5, 0.6) is 0 Å². The number of ether oxygens (including phenoxy) is 1. The first-order valence-electron chi connectivity index (χ1n) is 7.91. The van der Waals surface area contributed by atoms with Gasteiger partial charge in [0.25, 0.3) is 5.91 Å². The zero-order valence-corrected chi connectivity index (χ0v) is 15.0. The van der Waals surface area contributed by atoms with Crippen LogP contribution in [0.1, 0.15) is 41.5 Å². The third-order valence-electron chi connectivity index (χ3n) is 4.31. The highest BCUT2D eigenvalue weighted by atomic mass is 35.5. The summed E-state index contributed by atoms with van der Waals surface area (Å²) in [5, 5.41) is 14.6. The van der Waals surface area contributed by atoms with Crippen molar-refractivity contribution in [2.24, 2.45) is 5.41 Å². The van der Waals surface area contributed by atoms with E-state index in [4.69, 9.17) is 4.74 Å². The van der Waals surface area contributed by atoms with E-state index in [1.54, 1.807) is 7.11 Å². The molecule has 6 nitrogen and oxygen atoms in total. The van der Waals surface area contributed by atoms with Crippen LogP contribution in [0, 0.1) is 12.3 Å². The third kappa shape index (κ3) is 5.12. The highest BCUT2D eigenvalue weighted by Crippen LogP contribution is 2.28. The number of nitrogens with zero attached hydrogens (tertiary/aromatic N) is 2. The highest BCUT2D eigenvalue weighted by Gasteiger charge is 2.32. The first-order valence-corrected chi connectivity index (χ1v) is 7.91. The van der Waals surface area contributed by atoms with Crippen molar-refractivity contribution in [3.63, 3.8) is 0 Å². The van der Waals surface area contributed by atoms with E-state index >= 15 is 0 Å². The van der Waals surface area contributed by atoms with Gasteiger partial charge in [-0.25, -0.2) is 0 Å². The standard InChI is InChI=1S/C16H26N4O2.ClH/c1-4-14-13(9-12(2)19-20-14)15(21)18-10-16(11-22-3)5-7-17-8-6-16;/h9,17H,4-8,10-11H2,1-3H3,(H,18,21);1H. The Labute approximate surface area is 144 Å². The molecule has 23 heavy (non-hydrogen) atoms. The van der Waals surface area contributed by atoms with Crippen molar-refractivity contribution in [2.45, 2.75) is 33.1 Å². The van der Waals surface area contributed by atoms with Gasteiger partial charge in [0, 0.05) is 19.1 Å². The lowest BCUT2D eigenvalue weighted by Gasteiger charge is -2.37. The van der Waals surface area contributed by atoms with Gasteiger partial charge in [-0.3, -0.25) is 4.79 Å². The quantitative estimate of drug-likeness (QED) is 0.819. The second-order valence-corrected chi connectivity index (χ2v) is 6.07. The zero-order valence-electron chi connectivity index (χ0n) is 14.1. The van der Waals surface area contributed by atoms with E-state index in [0.717, 1.165) is 37.3 Å². The fraction of sp³-hybridized carbons (Fsp3) is 0.688. The molecule has 0 unspecified atom stereocenters. The zero-order chi connectivity index (χ0) is 16.0. The lowest BCUT2D eigenvalue weighted by atomic mass is 9.79. The Kier molecular flexibility index (Phi) is 7.88. The number of nitrogens with one attached hydrogen (secondary N) is 2. The molecule has 1 aromatic rings. The molecule has 7 heteroatoms. The predicted octanol–water partition coefficient (Wildman–Crippen LogP) is 1.52. The maximum Gasteiger partial charge on any atom is 0.253 e. The van der Waals surface area contributed by atoms with Gasteiger partial charge in [0.05, 0.1) is 23.6 Å². The Morgan fingerprint density at radius 3 is 2.70 bits per heavy atom. The van der Waals surface area contributed by atoms with Crippen molar-refractivity contribution < 1.29 is 9.53 Å². The molecule has 130 valence electrons. The first kappa shape index (κ1) is 19.8. The molecule has 0 atom stereocenters. The van der Waals surface area contributed by atoms with Gasteiger partial charge in [-0.15, -0.1) is 12.4 Å². The molecule has 0 radical (unpaired) electrons. The lowest BCUT2D eigenvalue weighted by molar-refractivity contribution is 0.0511. The molecule has 1 fully saturated rings. The fourth-order valence-corrected chi connectivity index (χ4v) is 2.97. The van der Waals surface area contributed by atoms with Gasteiger partial charge in [-0.1, -0.05) is 6.92 Å². The van der Waals surface area contributed by atoms with Crippen LogP contribution in [0.3, 0.4) is 0 Å². The van der Waals surface area contributed by atoms with Crippen LogP contribution >= 0.6 is 12.4 Å². The number of aryl methyl sites for hydroxylation is 2. The number of aromatic nitrogens is 2. The second kappa shape index (κ2) is 9.15. The summed E-state index contributed by atoms with van der Waals surface area (Å²) < 4.78 is 5.39. The number of hydrogen-bond donors (Lipinski definition) is 2. The predicted molar refractivity (Wildman–Crippen MR) is 92.1 cm³/mol. The Bertz CT molecular complexity index is 513. The molecule has 1 aliphatic rings. The molecule has 1 amide bonds. The van der Waals surface area contributed by atoms with E-state index in [-0.39, 0.29) is 23.7 Å². The van der Waals surface area contributed by atoms with Crippen LogP contribution in [0.25, 0.3) is 0 Å². The van der Waals surface area contributed by atoms with Gasteiger partial charge in [0.2, 0.25) is 0 Å². The molecule has 1 aromatic heterocycles. The number of piperidine rings is 1. The molecule has 0 aromatic carbocycles. The van der Waals surface area contributed by atoms with Gasteiger partial charge in [-0.2, -0.15) is 10.2 Å². The number of rotatable bonds is 6. The van der Waals surface area contributed by atoms with Crippen molar-refractivity contribution in [2.75, 3.05) is 33.4 Å². The maximum absolute atomic E-state index is 12.5. The minimum Gasteiger partial charge on any atom is -0.384 e. The molecule has 0 bridgehead atoms. The Balaban J connectivity index is 0.00000264. The van der Waals surface area contributed by atoms with Crippen molar-refractivity contribution >= 4 is 18.3 Å². The molecular weight excluding hydrogens is 316 g/mol. The fourth-order valence-electron chi connectivity index (χ4n) is 2.97. The highest BCUT2D eigenvalue weighted by molar-refractivity contribution is 5.95. The van der Waals surface area contributed by atoms with E-state index in [9.17, 15) is 4.79 Å². The number of methoxy groups -OCH3 is 1. The molecule has 2 rings (SSSR count). The minimum absolute atomic E-state index is 0. The SMILES string of the molecule is CCc1nnc(C)cc1C(=O)NCC1(COC)CCNCC1.Cl. The van der Waals surface area contributed by atoms with Crippen LogP contribution < -0.4 is 10.6 Å². The van der Waals surface area contributed by atoms with Crippen LogP contribution in [0.2, 0.25) is 0 Å². The number of halogens is 1. The molecular formula is C16H27ClN4O2. The number of carbonyl (C=O) groups excluding carboxylic acids is 1. The average molecular weight is 343 g/mol. The van der Waals surface area contributed by atoms with E-state index in [0.29, 0.717) is 25.1 Å². The summed E-state index contributed by atoms with van der Waals surface area (Å²) in [6.45, 7) is 7.07. The molecule has 0 aliphatic carbocycles. The van der Waals surface area contributed by atoms with Gasteiger partial charge in [0.15, 0.2) is 0 Å². The average Bonchev–Trinajstić information content (AvgIpc) is 2.54. The lowest BCUT2D eigenvalue weighted by Crippen LogP contribution is -2.47. The van der Waals surface area contributed by atoms with Crippen molar-refractivity contribution in [1.82, 2.24) is 20.8 Å². The summed E-state index contributed by atoms with van der Waals surface area (Å²) in [6.07, 6.45) is 2.72. The molecule has 1 saturated heterocycles. The van der Waals surface area contributed by atoms with Gasteiger partial charge in [-0.05, 0) is 45.3 Å². The molecule has 2 N–H and O–H groups in total. The number of hydrogen-bond acceptors (Lipinski definition) is 5.